The van der Waals surface area contributed by atoms with Gasteiger partial charge in [0.05, 0.1) is 34.1 Å². The van der Waals surface area contributed by atoms with Gasteiger partial charge in [0.1, 0.15) is 10.4 Å². The Morgan fingerprint density at radius 1 is 1.13 bits per heavy atom. The smallest absolute Gasteiger partial charge is 0.261 e. The second-order valence-electron chi connectivity index (χ2n) is 6.38. The highest BCUT2D eigenvalue weighted by Crippen LogP contribution is 2.24. The zero-order valence-corrected chi connectivity index (χ0v) is 16.3. The molecule has 0 spiro atoms. The summed E-state index contributed by atoms with van der Waals surface area (Å²) in [6.45, 7) is 0. The number of fused-ring (bicyclic) bond motifs is 2. The number of para-hydroxylation sites is 3. The number of rotatable bonds is 4. The van der Waals surface area contributed by atoms with E-state index in [2.05, 4.69) is 25.4 Å². The van der Waals surface area contributed by atoms with E-state index < -0.39 is 0 Å². The van der Waals surface area contributed by atoms with Crippen LogP contribution in [0.1, 0.15) is 5.01 Å². The maximum atomic E-state index is 12.5. The number of thiazole rings is 1. The van der Waals surface area contributed by atoms with E-state index in [1.165, 1.54) is 34.6 Å². The fourth-order valence-corrected chi connectivity index (χ4v) is 3.95. The predicted octanol–water partition coefficient (Wildman–Crippen LogP) is 3.37. The van der Waals surface area contributed by atoms with Gasteiger partial charge in [0, 0.05) is 6.08 Å². The zero-order chi connectivity index (χ0) is 20.5. The molecule has 0 bridgehead atoms. The van der Waals surface area contributed by atoms with Crippen LogP contribution in [0, 0.1) is 0 Å². The molecule has 0 saturated carbocycles. The fraction of sp³-hybridized carbons (Fsp3) is 0. The summed E-state index contributed by atoms with van der Waals surface area (Å²) in [5.74, 6) is -0.302. The van der Waals surface area contributed by atoms with Crippen molar-refractivity contribution >= 4 is 50.3 Å². The van der Waals surface area contributed by atoms with Gasteiger partial charge in [0.25, 0.3) is 5.56 Å². The van der Waals surface area contributed by atoms with Gasteiger partial charge in [0.15, 0.2) is 5.65 Å². The van der Waals surface area contributed by atoms with Crippen LogP contribution in [0.25, 0.3) is 33.0 Å². The third-order valence-corrected chi connectivity index (χ3v) is 5.45. The fourth-order valence-electron chi connectivity index (χ4n) is 3.08. The van der Waals surface area contributed by atoms with Crippen LogP contribution in [0.2, 0.25) is 0 Å². The van der Waals surface area contributed by atoms with E-state index in [0.29, 0.717) is 22.4 Å². The molecule has 0 aliphatic carbocycles. The maximum absolute atomic E-state index is 12.5. The number of carbonyl (C=O) groups excluding carboxylic acids is 1. The lowest BCUT2D eigenvalue weighted by Gasteiger charge is -2.10. The van der Waals surface area contributed by atoms with Crippen molar-refractivity contribution in [3.63, 3.8) is 0 Å². The highest BCUT2D eigenvalue weighted by molar-refractivity contribution is 7.19. The first-order valence-electron chi connectivity index (χ1n) is 9.04. The van der Waals surface area contributed by atoms with Gasteiger partial charge in [-0.15, -0.1) is 11.3 Å². The first-order valence-corrected chi connectivity index (χ1v) is 9.86. The normalized spacial score (nSPS) is 11.5. The molecule has 0 atom stereocenters. The molecule has 5 aromatic rings. The number of hydrogen-bond acceptors (Lipinski definition) is 6. The first kappa shape index (κ1) is 18.0. The number of nitrogens with zero attached hydrogens (tertiary/aromatic N) is 4. The van der Waals surface area contributed by atoms with E-state index in [4.69, 9.17) is 0 Å². The number of amides is 1. The Morgan fingerprint density at radius 3 is 2.87 bits per heavy atom. The summed E-state index contributed by atoms with van der Waals surface area (Å²) < 4.78 is 2.59. The summed E-state index contributed by atoms with van der Waals surface area (Å²) in [5, 5.41) is 8.25. The van der Waals surface area contributed by atoms with Crippen LogP contribution in [0.3, 0.4) is 0 Å². The molecule has 1 amide bonds. The van der Waals surface area contributed by atoms with E-state index in [0.717, 1.165) is 15.2 Å². The summed E-state index contributed by atoms with van der Waals surface area (Å²) in [4.78, 5) is 35.7. The van der Waals surface area contributed by atoms with Crippen molar-refractivity contribution in [2.24, 2.45) is 0 Å². The van der Waals surface area contributed by atoms with Crippen molar-refractivity contribution in [1.29, 1.82) is 0 Å². The molecule has 3 heterocycles. The standard InChI is InChI=1S/C21H14N6O2S/c28-18(9-10-19-26-15-6-2-4-8-17(15)30-19)25-14-5-1-3-7-16(14)27-20-13(11-24-27)21(29)23-12-22-20/h1-12H,(H,25,28)(H,22,23,29)/b10-9+. The van der Waals surface area contributed by atoms with E-state index in [-0.39, 0.29) is 11.5 Å². The molecule has 0 fully saturated rings. The van der Waals surface area contributed by atoms with Crippen molar-refractivity contribution in [2.75, 3.05) is 5.32 Å². The van der Waals surface area contributed by atoms with E-state index in [1.807, 2.05) is 36.4 Å². The minimum Gasteiger partial charge on any atom is -0.321 e. The third-order valence-electron chi connectivity index (χ3n) is 4.45. The Kier molecular flexibility index (Phi) is 4.41. The SMILES string of the molecule is O=C(/C=C/c1nc2ccccc2s1)Nc1ccccc1-n1ncc2c(=O)[nH]cnc21. The highest BCUT2D eigenvalue weighted by atomic mass is 32.1. The highest BCUT2D eigenvalue weighted by Gasteiger charge is 2.13. The van der Waals surface area contributed by atoms with Gasteiger partial charge in [-0.05, 0) is 30.3 Å². The monoisotopic (exact) mass is 414 g/mol. The lowest BCUT2D eigenvalue weighted by atomic mass is 10.2. The quantitative estimate of drug-likeness (QED) is 0.439. The molecule has 0 saturated heterocycles. The molecule has 8 nitrogen and oxygen atoms in total. The van der Waals surface area contributed by atoms with Gasteiger partial charge in [-0.3, -0.25) is 9.59 Å². The third kappa shape index (κ3) is 3.27. The summed E-state index contributed by atoms with van der Waals surface area (Å²) in [6, 6.07) is 15.0. The van der Waals surface area contributed by atoms with Crippen LogP contribution in [0.4, 0.5) is 5.69 Å². The molecular formula is C21H14N6O2S. The number of benzene rings is 2. The summed E-state index contributed by atoms with van der Waals surface area (Å²) in [5.41, 5.74) is 2.19. The molecule has 3 aromatic heterocycles. The van der Waals surface area contributed by atoms with E-state index in [9.17, 15) is 9.59 Å². The number of aromatic nitrogens is 5. The Balaban J connectivity index is 1.43. The molecule has 146 valence electrons. The van der Waals surface area contributed by atoms with Gasteiger partial charge < -0.3 is 10.3 Å². The van der Waals surface area contributed by atoms with Crippen LogP contribution < -0.4 is 10.9 Å². The van der Waals surface area contributed by atoms with Crippen LogP contribution in [-0.2, 0) is 4.79 Å². The first-order chi connectivity index (χ1) is 14.7. The number of aromatic amines is 1. The minimum atomic E-state index is -0.302. The Hall–Kier alpha value is -4.11. The van der Waals surface area contributed by atoms with E-state index in [1.54, 1.807) is 18.2 Å². The lowest BCUT2D eigenvalue weighted by Crippen LogP contribution is -2.12. The Labute approximate surface area is 173 Å². The topological polar surface area (TPSA) is 106 Å². The van der Waals surface area contributed by atoms with Gasteiger partial charge in [-0.1, -0.05) is 24.3 Å². The molecule has 0 radical (unpaired) electrons. The average Bonchev–Trinajstić information content (AvgIpc) is 3.37. The number of nitrogens with one attached hydrogen (secondary N) is 2. The van der Waals surface area contributed by atoms with Crippen LogP contribution in [0.5, 0.6) is 0 Å². The average molecular weight is 414 g/mol. The maximum Gasteiger partial charge on any atom is 0.261 e. The molecule has 2 aromatic carbocycles. The van der Waals surface area contributed by atoms with Gasteiger partial charge >= 0.3 is 0 Å². The van der Waals surface area contributed by atoms with Gasteiger partial charge in [0.2, 0.25) is 5.91 Å². The Bertz CT molecular complexity index is 1450. The number of hydrogen-bond donors (Lipinski definition) is 2. The van der Waals surface area contributed by atoms with Crippen molar-refractivity contribution < 1.29 is 4.79 Å². The summed E-state index contributed by atoms with van der Waals surface area (Å²) >= 11 is 1.52. The summed E-state index contributed by atoms with van der Waals surface area (Å²) in [7, 11) is 0. The molecular weight excluding hydrogens is 400 g/mol. The van der Waals surface area contributed by atoms with Crippen molar-refractivity contribution in [3.8, 4) is 5.69 Å². The molecule has 30 heavy (non-hydrogen) atoms. The zero-order valence-electron chi connectivity index (χ0n) is 15.4. The van der Waals surface area contributed by atoms with Crippen LogP contribution in [-0.4, -0.2) is 30.6 Å². The molecule has 0 aliphatic heterocycles. The van der Waals surface area contributed by atoms with Crippen molar-refractivity contribution in [2.45, 2.75) is 0 Å². The summed E-state index contributed by atoms with van der Waals surface area (Å²) in [6.07, 6.45) is 5.91. The van der Waals surface area contributed by atoms with Crippen LogP contribution >= 0.6 is 11.3 Å². The second-order valence-corrected chi connectivity index (χ2v) is 7.45. The largest absolute Gasteiger partial charge is 0.321 e. The van der Waals surface area contributed by atoms with Gasteiger partial charge in [-0.2, -0.15) is 5.10 Å². The number of H-pyrrole nitrogens is 1. The van der Waals surface area contributed by atoms with E-state index >= 15 is 0 Å². The molecule has 5 rings (SSSR count). The lowest BCUT2D eigenvalue weighted by molar-refractivity contribution is -0.111. The van der Waals surface area contributed by atoms with Crippen LogP contribution in [0.15, 0.2) is 71.9 Å². The molecule has 0 aliphatic rings. The van der Waals surface area contributed by atoms with Crippen molar-refractivity contribution in [3.05, 3.63) is 82.5 Å². The molecule has 9 heteroatoms. The number of carbonyl (C=O) groups is 1. The van der Waals surface area contributed by atoms with Gasteiger partial charge in [-0.25, -0.2) is 14.6 Å². The molecule has 2 N–H and O–H groups in total. The molecule has 0 unspecified atom stereocenters. The van der Waals surface area contributed by atoms with Crippen molar-refractivity contribution in [1.82, 2.24) is 24.7 Å². The Morgan fingerprint density at radius 2 is 1.97 bits per heavy atom. The predicted molar refractivity (Wildman–Crippen MR) is 117 cm³/mol. The minimum absolute atomic E-state index is 0.272. The second kappa shape index (κ2) is 7.37. The number of anilines is 1.